The fraction of sp³-hybridized carbons (Fsp3) is 0.615. The zero-order chi connectivity index (χ0) is 27.2. The molecule has 0 aromatic carbocycles. The van der Waals surface area contributed by atoms with Gasteiger partial charge in [-0.25, -0.2) is 14.4 Å². The standard InChI is InChI=1S/C15H22BFN2O2.C11H15BFNO2/c1-14(2)15(3,4)21-16(20-14)11-5-7-18-13(9-11)19-8-6-12(17)10-19;1-10(2)11(3,4)16-12(15-10)8-5-6-14-9(13)7-8/h5,7,9,12H,6,8,10H2,1-4H3;5-7H,1-4H3/t12-;/m0./s1. The van der Waals surface area contributed by atoms with Crippen LogP contribution in [0, 0.1) is 5.95 Å². The predicted octanol–water partition coefficient (Wildman–Crippen LogP) is 3.45. The molecule has 2 aromatic heterocycles. The minimum Gasteiger partial charge on any atom is -0.399 e. The van der Waals surface area contributed by atoms with Gasteiger partial charge in [0, 0.05) is 18.9 Å². The lowest BCUT2D eigenvalue weighted by atomic mass is 9.79. The Labute approximate surface area is 219 Å². The van der Waals surface area contributed by atoms with Crippen LogP contribution >= 0.6 is 0 Å². The van der Waals surface area contributed by atoms with Crippen LogP contribution in [0.4, 0.5) is 14.6 Å². The third kappa shape index (κ3) is 5.85. The van der Waals surface area contributed by atoms with Gasteiger partial charge in [-0.05, 0) is 97.0 Å². The Hall–Kier alpha value is -2.07. The van der Waals surface area contributed by atoms with E-state index in [1.165, 1.54) is 12.3 Å². The number of anilines is 1. The second-order valence-electron chi connectivity index (χ2n) is 11.9. The van der Waals surface area contributed by atoms with Crippen molar-refractivity contribution in [2.75, 3.05) is 18.0 Å². The molecule has 2 aromatic rings. The van der Waals surface area contributed by atoms with Gasteiger partial charge in [-0.1, -0.05) is 0 Å². The summed E-state index contributed by atoms with van der Waals surface area (Å²) >= 11 is 0. The number of hydrogen-bond acceptors (Lipinski definition) is 7. The average Bonchev–Trinajstić information content (AvgIpc) is 3.40. The van der Waals surface area contributed by atoms with E-state index in [1.54, 1.807) is 12.3 Å². The normalized spacial score (nSPS) is 25.2. The molecule has 0 spiro atoms. The number of nitrogens with zero attached hydrogens (tertiary/aromatic N) is 3. The van der Waals surface area contributed by atoms with E-state index in [0.29, 0.717) is 25.0 Å². The highest BCUT2D eigenvalue weighted by Gasteiger charge is 2.52. The van der Waals surface area contributed by atoms with Crippen molar-refractivity contribution in [3.8, 4) is 0 Å². The van der Waals surface area contributed by atoms with Crippen molar-refractivity contribution in [2.24, 2.45) is 0 Å². The van der Waals surface area contributed by atoms with Crippen LogP contribution in [0.25, 0.3) is 0 Å². The Morgan fingerprint density at radius 2 is 1.24 bits per heavy atom. The highest BCUT2D eigenvalue weighted by molar-refractivity contribution is 6.62. The Bertz CT molecular complexity index is 1090. The molecule has 0 bridgehead atoms. The fourth-order valence-corrected chi connectivity index (χ4v) is 4.20. The molecule has 5 rings (SSSR count). The maximum absolute atomic E-state index is 13.3. The molecule has 3 fully saturated rings. The first-order valence-electron chi connectivity index (χ1n) is 12.8. The number of aromatic nitrogens is 2. The van der Waals surface area contributed by atoms with Crippen molar-refractivity contribution >= 4 is 31.0 Å². The van der Waals surface area contributed by atoms with Gasteiger partial charge in [-0.15, -0.1) is 0 Å². The molecule has 1 atom stereocenters. The summed E-state index contributed by atoms with van der Waals surface area (Å²) in [5.41, 5.74) is 0.0546. The minimum atomic E-state index is -0.757. The van der Waals surface area contributed by atoms with Crippen LogP contribution in [0.2, 0.25) is 0 Å². The van der Waals surface area contributed by atoms with Crippen LogP contribution in [0.1, 0.15) is 61.8 Å². The maximum atomic E-state index is 13.3. The van der Waals surface area contributed by atoms with Gasteiger partial charge in [-0.2, -0.15) is 4.39 Å². The van der Waals surface area contributed by atoms with Crippen molar-refractivity contribution in [3.05, 3.63) is 42.6 Å². The molecule has 0 amide bonds. The van der Waals surface area contributed by atoms with E-state index in [9.17, 15) is 8.78 Å². The molecule has 11 heteroatoms. The molecule has 0 radical (unpaired) electrons. The molecule has 3 aliphatic heterocycles. The molecule has 0 N–H and O–H groups in total. The SMILES string of the molecule is CC1(C)OB(c2ccnc(F)c2)OC1(C)C.CC1(C)OB(c2ccnc(N3CC[C@H](F)C3)c2)OC1(C)C. The zero-order valence-corrected chi connectivity index (χ0v) is 23.0. The van der Waals surface area contributed by atoms with E-state index < -0.39 is 37.6 Å². The third-order valence-corrected chi connectivity index (χ3v) is 8.03. The first-order chi connectivity index (χ1) is 17.1. The van der Waals surface area contributed by atoms with Crippen LogP contribution in [0.5, 0.6) is 0 Å². The van der Waals surface area contributed by atoms with Crippen molar-refractivity contribution in [2.45, 2.75) is 90.4 Å². The van der Waals surface area contributed by atoms with Crippen molar-refractivity contribution in [1.82, 2.24) is 9.97 Å². The first-order valence-corrected chi connectivity index (χ1v) is 12.8. The van der Waals surface area contributed by atoms with Gasteiger partial charge in [0.05, 0.1) is 28.9 Å². The molecule has 0 unspecified atom stereocenters. The van der Waals surface area contributed by atoms with E-state index in [-0.39, 0.29) is 11.2 Å². The van der Waals surface area contributed by atoms with Crippen molar-refractivity contribution in [3.63, 3.8) is 0 Å². The summed E-state index contributed by atoms with van der Waals surface area (Å²) in [6.45, 7) is 17.1. The lowest BCUT2D eigenvalue weighted by Gasteiger charge is -2.32. The summed E-state index contributed by atoms with van der Waals surface area (Å²) in [6.07, 6.45) is 2.96. The van der Waals surface area contributed by atoms with Gasteiger partial charge in [-0.3, -0.25) is 0 Å². The summed E-state index contributed by atoms with van der Waals surface area (Å²) in [6, 6.07) is 6.88. The summed E-state index contributed by atoms with van der Waals surface area (Å²) in [5, 5.41) is 0. The average molecular weight is 515 g/mol. The number of alkyl halides is 1. The fourth-order valence-electron chi connectivity index (χ4n) is 4.20. The number of pyridine rings is 2. The van der Waals surface area contributed by atoms with Gasteiger partial charge >= 0.3 is 14.2 Å². The summed E-state index contributed by atoms with van der Waals surface area (Å²) in [5.74, 6) is 0.273. The molecule has 37 heavy (non-hydrogen) atoms. The minimum absolute atomic E-state index is 0.362. The molecule has 7 nitrogen and oxygen atoms in total. The van der Waals surface area contributed by atoms with E-state index >= 15 is 0 Å². The Morgan fingerprint density at radius 1 is 0.784 bits per heavy atom. The van der Waals surface area contributed by atoms with Crippen LogP contribution in [0.15, 0.2) is 36.7 Å². The van der Waals surface area contributed by atoms with Crippen LogP contribution in [0.3, 0.4) is 0 Å². The van der Waals surface area contributed by atoms with E-state index in [0.717, 1.165) is 11.3 Å². The molecule has 5 heterocycles. The third-order valence-electron chi connectivity index (χ3n) is 8.03. The van der Waals surface area contributed by atoms with Gasteiger partial charge in [0.2, 0.25) is 5.95 Å². The lowest BCUT2D eigenvalue weighted by molar-refractivity contribution is 0.00578. The number of rotatable bonds is 3. The zero-order valence-electron chi connectivity index (χ0n) is 23.0. The van der Waals surface area contributed by atoms with Gasteiger partial charge in [0.25, 0.3) is 0 Å². The quantitative estimate of drug-likeness (QED) is 0.459. The molecule has 3 saturated heterocycles. The Kier molecular flexibility index (Phi) is 7.49. The second kappa shape index (κ2) is 9.91. The smallest absolute Gasteiger partial charge is 0.399 e. The lowest BCUT2D eigenvalue weighted by Crippen LogP contribution is -2.41. The molecule has 0 aliphatic carbocycles. The Morgan fingerprint density at radius 3 is 1.68 bits per heavy atom. The van der Waals surface area contributed by atoms with Crippen LogP contribution < -0.4 is 15.8 Å². The van der Waals surface area contributed by atoms with E-state index in [4.69, 9.17) is 18.6 Å². The van der Waals surface area contributed by atoms with Gasteiger partial charge < -0.3 is 23.5 Å². The highest BCUT2D eigenvalue weighted by atomic mass is 19.1. The molecule has 3 aliphatic rings. The maximum Gasteiger partial charge on any atom is 0.495 e. The second-order valence-corrected chi connectivity index (χ2v) is 11.9. The largest absolute Gasteiger partial charge is 0.495 e. The molecule has 200 valence electrons. The topological polar surface area (TPSA) is 65.9 Å². The highest BCUT2D eigenvalue weighted by Crippen LogP contribution is 2.37. The number of hydrogen-bond donors (Lipinski definition) is 0. The van der Waals surface area contributed by atoms with Gasteiger partial charge in [0.15, 0.2) is 0 Å². The van der Waals surface area contributed by atoms with Crippen molar-refractivity contribution < 1.29 is 27.4 Å². The molecular weight excluding hydrogens is 478 g/mol. The summed E-state index contributed by atoms with van der Waals surface area (Å²) in [4.78, 5) is 9.83. The molecular formula is C26H37B2F2N3O4. The predicted molar refractivity (Wildman–Crippen MR) is 142 cm³/mol. The Balaban J connectivity index is 0.000000180. The first kappa shape index (κ1) is 28.0. The van der Waals surface area contributed by atoms with E-state index in [2.05, 4.69) is 9.97 Å². The number of halogens is 2. The monoisotopic (exact) mass is 515 g/mol. The van der Waals surface area contributed by atoms with Crippen LogP contribution in [-0.2, 0) is 18.6 Å². The summed E-state index contributed by atoms with van der Waals surface area (Å²) in [7, 11) is -0.928. The van der Waals surface area contributed by atoms with Gasteiger partial charge in [0.1, 0.15) is 12.0 Å². The summed E-state index contributed by atoms with van der Waals surface area (Å²) < 4.78 is 50.0. The van der Waals surface area contributed by atoms with Crippen LogP contribution in [-0.4, -0.2) is 65.9 Å². The van der Waals surface area contributed by atoms with E-state index in [1.807, 2.05) is 72.4 Å². The molecule has 0 saturated carbocycles. The van der Waals surface area contributed by atoms with Crippen molar-refractivity contribution in [1.29, 1.82) is 0 Å².